The van der Waals surface area contributed by atoms with Crippen LogP contribution in [0.4, 0.5) is 0 Å². The number of ether oxygens (including phenoxy) is 1. The van der Waals surface area contributed by atoms with Gasteiger partial charge in [-0.2, -0.15) is 5.10 Å². The molecule has 0 aliphatic rings. The van der Waals surface area contributed by atoms with Gasteiger partial charge in [0, 0.05) is 11.3 Å². The summed E-state index contributed by atoms with van der Waals surface area (Å²) >= 11 is 0. The fourth-order valence-corrected chi connectivity index (χ4v) is 2.32. The highest BCUT2D eigenvalue weighted by Crippen LogP contribution is 2.13. The molecule has 0 aromatic heterocycles. The van der Waals surface area contributed by atoms with Gasteiger partial charge in [0.2, 0.25) is 0 Å². The van der Waals surface area contributed by atoms with Gasteiger partial charge in [-0.3, -0.25) is 4.79 Å². The van der Waals surface area contributed by atoms with Crippen molar-refractivity contribution in [2.24, 2.45) is 5.10 Å². The molecule has 24 heavy (non-hydrogen) atoms. The third-order valence-electron chi connectivity index (χ3n) is 3.87. The molecule has 4 heteroatoms. The van der Waals surface area contributed by atoms with Crippen LogP contribution < -0.4 is 10.2 Å². The number of hydrazone groups is 1. The maximum Gasteiger partial charge on any atom is 0.271 e. The smallest absolute Gasteiger partial charge is 0.271 e. The summed E-state index contributed by atoms with van der Waals surface area (Å²) in [5, 5.41) is 4.16. The number of hydrogen-bond donors (Lipinski definition) is 1. The lowest BCUT2D eigenvalue weighted by molar-refractivity contribution is 0.0954. The van der Waals surface area contributed by atoms with Gasteiger partial charge in [-0.25, -0.2) is 5.43 Å². The van der Waals surface area contributed by atoms with E-state index in [1.165, 1.54) is 32.1 Å². The summed E-state index contributed by atoms with van der Waals surface area (Å²) in [6, 6.07) is 7.23. The molecule has 0 bridgehead atoms. The molecule has 0 saturated heterocycles. The number of carbonyl (C=O) groups excluding carboxylic acids is 1. The fourth-order valence-electron chi connectivity index (χ4n) is 2.32. The summed E-state index contributed by atoms with van der Waals surface area (Å²) in [6.07, 6.45) is 9.18. The largest absolute Gasteiger partial charge is 0.494 e. The SMILES string of the molecule is CCCCCCOc1ccc(C(=O)N/N=C(\C)CCCCC)cc1. The van der Waals surface area contributed by atoms with Crippen LogP contribution >= 0.6 is 0 Å². The van der Waals surface area contributed by atoms with Crippen LogP contribution in [-0.2, 0) is 0 Å². The average Bonchev–Trinajstić information content (AvgIpc) is 2.60. The van der Waals surface area contributed by atoms with Gasteiger partial charge >= 0.3 is 0 Å². The van der Waals surface area contributed by atoms with E-state index in [0.717, 1.165) is 37.3 Å². The van der Waals surface area contributed by atoms with Crippen molar-refractivity contribution in [2.45, 2.75) is 72.1 Å². The summed E-state index contributed by atoms with van der Waals surface area (Å²) in [7, 11) is 0. The molecule has 0 fully saturated rings. The van der Waals surface area contributed by atoms with Crippen molar-refractivity contribution in [3.8, 4) is 5.75 Å². The zero-order valence-electron chi connectivity index (χ0n) is 15.4. The van der Waals surface area contributed by atoms with Crippen LogP contribution in [0.5, 0.6) is 5.75 Å². The summed E-state index contributed by atoms with van der Waals surface area (Å²) in [6.45, 7) is 7.05. The molecule has 1 aromatic rings. The lowest BCUT2D eigenvalue weighted by Crippen LogP contribution is -2.19. The second kappa shape index (κ2) is 12.6. The van der Waals surface area contributed by atoms with Crippen molar-refractivity contribution < 1.29 is 9.53 Å². The number of nitrogens with zero attached hydrogens (tertiary/aromatic N) is 1. The number of hydrogen-bond acceptors (Lipinski definition) is 3. The van der Waals surface area contributed by atoms with Gasteiger partial charge in [0.25, 0.3) is 5.91 Å². The van der Waals surface area contributed by atoms with E-state index in [2.05, 4.69) is 24.4 Å². The third kappa shape index (κ3) is 8.70. The van der Waals surface area contributed by atoms with E-state index in [1.807, 2.05) is 19.1 Å². The summed E-state index contributed by atoms with van der Waals surface area (Å²) in [4.78, 5) is 12.1. The van der Waals surface area contributed by atoms with Crippen LogP contribution in [0.1, 0.15) is 82.5 Å². The lowest BCUT2D eigenvalue weighted by Gasteiger charge is -2.07. The predicted octanol–water partition coefficient (Wildman–Crippen LogP) is 5.33. The minimum absolute atomic E-state index is 0.181. The number of rotatable bonds is 12. The summed E-state index contributed by atoms with van der Waals surface area (Å²) < 4.78 is 5.68. The lowest BCUT2D eigenvalue weighted by atomic mass is 10.1. The molecule has 1 amide bonds. The summed E-state index contributed by atoms with van der Waals surface area (Å²) in [5.74, 6) is 0.627. The Morgan fingerprint density at radius 1 is 1.00 bits per heavy atom. The molecule has 4 nitrogen and oxygen atoms in total. The Balaban J connectivity index is 2.36. The molecule has 0 aliphatic heterocycles. The molecule has 134 valence electrons. The molecule has 0 spiro atoms. The van der Waals surface area contributed by atoms with Crippen LogP contribution in [0.3, 0.4) is 0 Å². The third-order valence-corrected chi connectivity index (χ3v) is 3.87. The molecule has 0 heterocycles. The van der Waals surface area contributed by atoms with E-state index >= 15 is 0 Å². The highest BCUT2D eigenvalue weighted by atomic mass is 16.5. The van der Waals surface area contributed by atoms with Crippen molar-refractivity contribution in [3.63, 3.8) is 0 Å². The van der Waals surface area contributed by atoms with Gasteiger partial charge in [0.1, 0.15) is 5.75 Å². The number of carbonyl (C=O) groups is 1. The monoisotopic (exact) mass is 332 g/mol. The second-order valence-corrected chi connectivity index (χ2v) is 6.18. The van der Waals surface area contributed by atoms with Crippen LogP contribution in [0.2, 0.25) is 0 Å². The van der Waals surface area contributed by atoms with E-state index in [1.54, 1.807) is 12.1 Å². The van der Waals surface area contributed by atoms with Gasteiger partial charge in [-0.1, -0.05) is 46.0 Å². The highest BCUT2D eigenvalue weighted by molar-refractivity contribution is 5.95. The van der Waals surface area contributed by atoms with Crippen molar-refractivity contribution in [1.82, 2.24) is 5.43 Å². The number of nitrogens with one attached hydrogen (secondary N) is 1. The Kier molecular flexibility index (Phi) is 10.6. The molecule has 0 unspecified atom stereocenters. The molecule has 0 radical (unpaired) electrons. The van der Waals surface area contributed by atoms with Crippen LogP contribution in [0, 0.1) is 0 Å². The first-order valence-corrected chi connectivity index (χ1v) is 9.23. The Bertz CT molecular complexity index is 495. The van der Waals surface area contributed by atoms with E-state index in [9.17, 15) is 4.79 Å². The van der Waals surface area contributed by atoms with Crippen molar-refractivity contribution in [3.05, 3.63) is 29.8 Å². The number of benzene rings is 1. The van der Waals surface area contributed by atoms with E-state index in [4.69, 9.17) is 4.74 Å². The Labute approximate surface area is 146 Å². The zero-order valence-corrected chi connectivity index (χ0v) is 15.4. The van der Waals surface area contributed by atoms with Gasteiger partial charge in [-0.05, 0) is 50.5 Å². The van der Waals surface area contributed by atoms with Gasteiger partial charge in [0.05, 0.1) is 6.61 Å². The predicted molar refractivity (Wildman–Crippen MR) is 101 cm³/mol. The molecule has 0 aliphatic carbocycles. The highest BCUT2D eigenvalue weighted by Gasteiger charge is 2.05. The first kappa shape index (κ1) is 20.2. The van der Waals surface area contributed by atoms with Gasteiger partial charge < -0.3 is 4.74 Å². The topological polar surface area (TPSA) is 50.7 Å². The molecular weight excluding hydrogens is 300 g/mol. The fraction of sp³-hybridized carbons (Fsp3) is 0.600. The molecule has 1 rings (SSSR count). The maximum absolute atomic E-state index is 12.1. The first-order chi connectivity index (χ1) is 11.7. The Hall–Kier alpha value is -1.84. The molecule has 1 N–H and O–H groups in total. The molecule has 0 saturated carbocycles. The van der Waals surface area contributed by atoms with Gasteiger partial charge in [0.15, 0.2) is 0 Å². The molecule has 1 aromatic carbocycles. The van der Waals surface area contributed by atoms with Crippen molar-refractivity contribution in [2.75, 3.05) is 6.61 Å². The minimum Gasteiger partial charge on any atom is -0.494 e. The van der Waals surface area contributed by atoms with Crippen LogP contribution in [0.15, 0.2) is 29.4 Å². The zero-order chi connectivity index (χ0) is 17.6. The first-order valence-electron chi connectivity index (χ1n) is 9.23. The minimum atomic E-state index is -0.181. The maximum atomic E-state index is 12.1. The average molecular weight is 332 g/mol. The van der Waals surface area contributed by atoms with Crippen molar-refractivity contribution >= 4 is 11.6 Å². The quantitative estimate of drug-likeness (QED) is 0.319. The van der Waals surface area contributed by atoms with E-state index < -0.39 is 0 Å². The number of unbranched alkanes of at least 4 members (excludes halogenated alkanes) is 5. The van der Waals surface area contributed by atoms with E-state index in [-0.39, 0.29) is 5.91 Å². The van der Waals surface area contributed by atoms with E-state index in [0.29, 0.717) is 5.56 Å². The molecular formula is C20H32N2O2. The van der Waals surface area contributed by atoms with Crippen LogP contribution in [-0.4, -0.2) is 18.2 Å². The second-order valence-electron chi connectivity index (χ2n) is 6.18. The Morgan fingerprint density at radius 2 is 1.67 bits per heavy atom. The normalized spacial score (nSPS) is 11.4. The number of amides is 1. The van der Waals surface area contributed by atoms with Crippen LogP contribution in [0.25, 0.3) is 0 Å². The van der Waals surface area contributed by atoms with Gasteiger partial charge in [-0.15, -0.1) is 0 Å². The molecule has 0 atom stereocenters. The standard InChI is InChI=1S/C20H32N2O2/c1-4-6-8-10-16-24-19-14-12-18(13-15-19)20(23)22-21-17(3)11-9-7-5-2/h12-15H,4-11,16H2,1-3H3,(H,22,23)/b21-17+. The van der Waals surface area contributed by atoms with Crippen molar-refractivity contribution in [1.29, 1.82) is 0 Å². The summed E-state index contributed by atoms with van der Waals surface area (Å²) in [5.41, 5.74) is 4.18. The Morgan fingerprint density at radius 3 is 2.33 bits per heavy atom.